The van der Waals surface area contributed by atoms with E-state index < -0.39 is 16.1 Å². The summed E-state index contributed by atoms with van der Waals surface area (Å²) in [5, 5.41) is 8.99. The van der Waals surface area contributed by atoms with Gasteiger partial charge in [-0.2, -0.15) is 8.42 Å². The fraction of sp³-hybridized carbons (Fsp3) is 0.569. The normalized spacial score (nSPS) is 13.8. The smallest absolute Gasteiger partial charge is 0.303 e. The van der Waals surface area contributed by atoms with Crippen molar-refractivity contribution in [1.29, 1.82) is 0 Å². The van der Waals surface area contributed by atoms with Gasteiger partial charge in [0.25, 0.3) is 10.1 Å². The fourth-order valence-electron chi connectivity index (χ4n) is 9.03. The number of aliphatic carboxylic acids is 1. The number of benzene rings is 1. The number of hydrogen-bond acceptors (Lipinski definition) is 4. The number of pyridine rings is 3. The molecule has 9 heteroatoms. The first-order valence-electron chi connectivity index (χ1n) is 23.2. The van der Waals surface area contributed by atoms with Crippen LogP contribution in [-0.2, 0) is 28.0 Å². The lowest BCUT2D eigenvalue weighted by molar-refractivity contribution is -0.697. The highest BCUT2D eigenvalue weighted by molar-refractivity contribution is 7.85. The molecule has 0 aliphatic rings. The monoisotopic (exact) mass is 842 g/mol. The van der Waals surface area contributed by atoms with E-state index in [4.69, 9.17) is 9.66 Å². The highest BCUT2D eigenvalue weighted by atomic mass is 32.2. The Morgan fingerprint density at radius 1 is 0.533 bits per heavy atom. The molecule has 3 heterocycles. The van der Waals surface area contributed by atoms with Gasteiger partial charge in [0.1, 0.15) is 13.1 Å². The van der Waals surface area contributed by atoms with Gasteiger partial charge in [-0.25, -0.2) is 9.13 Å². The van der Waals surface area contributed by atoms with Crippen LogP contribution >= 0.6 is 0 Å². The number of nitrogens with zero attached hydrogens (tertiary/aromatic N) is 3. The number of unbranched alkanes of at least 4 members (excludes halogenated alkanes) is 4. The maximum atomic E-state index is 11.2. The Hall–Kier alpha value is -3.95. The molecule has 4 aromatic rings. The van der Waals surface area contributed by atoms with Gasteiger partial charge in [-0.15, -0.1) is 0 Å². The molecule has 4 rings (SSSR count). The Labute approximate surface area is 362 Å². The van der Waals surface area contributed by atoms with Crippen molar-refractivity contribution in [1.82, 2.24) is 4.98 Å². The van der Waals surface area contributed by atoms with Gasteiger partial charge >= 0.3 is 5.97 Å². The summed E-state index contributed by atoms with van der Waals surface area (Å²) in [5.74, 6) is 1.20. The van der Waals surface area contributed by atoms with Gasteiger partial charge in [0, 0.05) is 55.9 Å². The second-order valence-electron chi connectivity index (χ2n) is 17.1. The Morgan fingerprint density at radius 2 is 0.983 bits per heavy atom. The first kappa shape index (κ1) is 48.7. The van der Waals surface area contributed by atoms with Crippen LogP contribution in [0.25, 0.3) is 0 Å². The van der Waals surface area contributed by atoms with E-state index in [2.05, 4.69) is 115 Å². The number of aromatic nitrogens is 3. The van der Waals surface area contributed by atoms with Crippen LogP contribution in [0.4, 0.5) is 0 Å². The molecule has 0 fully saturated rings. The quantitative estimate of drug-likeness (QED) is 0.0288. The molecule has 0 saturated heterocycles. The lowest BCUT2D eigenvalue weighted by Crippen LogP contribution is -2.33. The molecule has 0 aliphatic heterocycles. The van der Waals surface area contributed by atoms with Crippen LogP contribution in [0.5, 0.6) is 0 Å². The first-order valence-corrected chi connectivity index (χ1v) is 24.9. The second-order valence-corrected chi connectivity index (χ2v) is 18.7. The molecule has 0 bridgehead atoms. The van der Waals surface area contributed by atoms with Crippen molar-refractivity contribution < 1.29 is 32.0 Å². The maximum Gasteiger partial charge on any atom is 0.303 e. The van der Waals surface area contributed by atoms with Crippen molar-refractivity contribution in [3.63, 3.8) is 0 Å². The third-order valence-corrected chi connectivity index (χ3v) is 13.3. The van der Waals surface area contributed by atoms with Gasteiger partial charge in [0.2, 0.25) is 0 Å². The second kappa shape index (κ2) is 27.8. The van der Waals surface area contributed by atoms with Crippen LogP contribution in [0, 0.1) is 0 Å². The van der Waals surface area contributed by atoms with E-state index in [1.54, 1.807) is 0 Å². The van der Waals surface area contributed by atoms with Crippen molar-refractivity contribution in [2.45, 2.75) is 179 Å². The third kappa shape index (κ3) is 19.2. The van der Waals surface area contributed by atoms with Crippen LogP contribution in [-0.4, -0.2) is 34.8 Å². The lowest BCUT2D eigenvalue weighted by atomic mass is 9.83. The van der Waals surface area contributed by atoms with Crippen LogP contribution in [0.15, 0.2) is 104 Å². The molecule has 0 spiro atoms. The van der Waals surface area contributed by atoms with Crippen molar-refractivity contribution in [2.24, 2.45) is 0 Å². The summed E-state index contributed by atoms with van der Waals surface area (Å²) >= 11 is 0. The number of rotatable bonds is 32. The molecule has 1 aromatic carbocycles. The van der Waals surface area contributed by atoms with E-state index in [0.29, 0.717) is 36.6 Å². The summed E-state index contributed by atoms with van der Waals surface area (Å²) in [6, 6.07) is 24.6. The van der Waals surface area contributed by atoms with E-state index in [9.17, 15) is 13.2 Å². The van der Waals surface area contributed by atoms with E-state index >= 15 is 0 Å². The predicted octanol–water partition coefficient (Wildman–Crippen LogP) is 11.9. The van der Waals surface area contributed by atoms with Crippen molar-refractivity contribution in [3.8, 4) is 0 Å². The highest BCUT2D eigenvalue weighted by Crippen LogP contribution is 2.35. The molecule has 2 N–H and O–H groups in total. The van der Waals surface area contributed by atoms with Crippen LogP contribution in [0.3, 0.4) is 0 Å². The summed E-state index contributed by atoms with van der Waals surface area (Å²) in [4.78, 5) is 15.3. The van der Waals surface area contributed by atoms with E-state index in [1.807, 2.05) is 17.0 Å². The van der Waals surface area contributed by atoms with Gasteiger partial charge in [-0.1, -0.05) is 89.1 Å². The Balaban J connectivity index is 1.39. The molecule has 0 saturated carbocycles. The number of aryl methyl sites for hydroxylation is 2. The number of carboxylic acids is 1. The molecule has 0 aliphatic carbocycles. The Bertz CT molecular complexity index is 1840. The van der Waals surface area contributed by atoms with E-state index in [-0.39, 0.29) is 12.2 Å². The van der Waals surface area contributed by atoms with Gasteiger partial charge in [0.15, 0.2) is 24.8 Å². The average Bonchev–Trinajstić information content (AvgIpc) is 3.25. The number of carboxylic acid groups (broad SMARTS) is 1. The fourth-order valence-corrected chi connectivity index (χ4v) is 9.52. The van der Waals surface area contributed by atoms with E-state index in [1.165, 1.54) is 86.5 Å². The first-order chi connectivity index (χ1) is 29.1. The molecule has 328 valence electrons. The summed E-state index contributed by atoms with van der Waals surface area (Å²) < 4.78 is 35.7. The SMILES string of the molecule is CCCCC(CCCC(CCCCC(CCCC(CCC)c1ccccc1)c1ccncc1)c1cc[n+](CCCCCC(=O)O)cc1)c1cc[n+](CCCS(=O)(=O)O)cc1. The molecule has 0 amide bonds. The summed E-state index contributed by atoms with van der Waals surface area (Å²) in [6.07, 6.45) is 33.6. The van der Waals surface area contributed by atoms with Crippen LogP contribution < -0.4 is 9.13 Å². The molecule has 60 heavy (non-hydrogen) atoms. The molecule has 8 nitrogen and oxygen atoms in total. The van der Waals surface area contributed by atoms with Gasteiger partial charge in [-0.05, 0) is 122 Å². The largest absolute Gasteiger partial charge is 0.481 e. The number of carbonyl (C=O) groups is 1. The minimum atomic E-state index is -3.95. The lowest BCUT2D eigenvalue weighted by Gasteiger charge is -2.22. The minimum Gasteiger partial charge on any atom is -0.481 e. The van der Waals surface area contributed by atoms with Crippen LogP contribution in [0.1, 0.15) is 188 Å². The van der Waals surface area contributed by atoms with Crippen molar-refractivity contribution in [2.75, 3.05) is 5.75 Å². The highest BCUT2D eigenvalue weighted by Gasteiger charge is 2.19. The Kier molecular flexibility index (Phi) is 22.6. The summed E-state index contributed by atoms with van der Waals surface area (Å²) in [5.41, 5.74) is 5.67. The average molecular weight is 842 g/mol. The third-order valence-electron chi connectivity index (χ3n) is 12.5. The topological polar surface area (TPSA) is 112 Å². The van der Waals surface area contributed by atoms with Gasteiger partial charge in [0.05, 0.1) is 5.75 Å². The van der Waals surface area contributed by atoms with Gasteiger partial charge in [-0.3, -0.25) is 14.3 Å². The maximum absolute atomic E-state index is 11.2. The zero-order valence-corrected chi connectivity index (χ0v) is 37.6. The van der Waals surface area contributed by atoms with Crippen molar-refractivity contribution in [3.05, 3.63) is 126 Å². The zero-order chi connectivity index (χ0) is 42.8. The van der Waals surface area contributed by atoms with Crippen molar-refractivity contribution >= 4 is 16.1 Å². The predicted molar refractivity (Wildman–Crippen MR) is 243 cm³/mol. The molecule has 4 atom stereocenters. The Morgan fingerprint density at radius 3 is 1.47 bits per heavy atom. The minimum absolute atomic E-state index is 0.224. The zero-order valence-electron chi connectivity index (χ0n) is 36.8. The molecule has 4 unspecified atom stereocenters. The number of hydrogen-bond donors (Lipinski definition) is 2. The van der Waals surface area contributed by atoms with Crippen LogP contribution in [0.2, 0.25) is 0 Å². The summed E-state index contributed by atoms with van der Waals surface area (Å²) in [6.45, 7) is 6.02. The van der Waals surface area contributed by atoms with Gasteiger partial charge < -0.3 is 5.11 Å². The standard InChI is InChI=1S/C51H73N3O5S/c1-3-5-18-44(49-32-40-54(41-33-49)37-16-42-60(57,58)59)24-15-26-47(50-30-38-53(39-31-50)36-13-7-10-27-51(55)56)22-12-11-21-46(48-28-34-52-35-29-48)25-14-23-43(17-4-2)45-19-8-6-9-20-45/h6,8-9,19-20,28-35,38-41,43-44,46-47H,3-5,7,10-18,21-27,36-37,42H2,1-2H3/p+2. The molecule has 0 radical (unpaired) electrons. The molecular weight excluding hydrogens is 767 g/mol. The molecular formula is C51H75N3O5S+2. The summed E-state index contributed by atoms with van der Waals surface area (Å²) in [7, 11) is -3.95. The van der Waals surface area contributed by atoms with E-state index in [0.717, 1.165) is 57.9 Å². The molecule has 3 aromatic heterocycles.